The van der Waals surface area contributed by atoms with Crippen LogP contribution in [0.25, 0.3) is 0 Å². The fourth-order valence-electron chi connectivity index (χ4n) is 2.63. The van der Waals surface area contributed by atoms with E-state index in [1.54, 1.807) is 7.11 Å². The summed E-state index contributed by atoms with van der Waals surface area (Å²) in [5, 5.41) is 3.45. The Morgan fingerprint density at radius 3 is 2.55 bits per heavy atom. The van der Waals surface area contributed by atoms with Gasteiger partial charge in [0.05, 0.1) is 6.61 Å². The lowest BCUT2D eigenvalue weighted by Gasteiger charge is -2.30. The molecular weight excluding hydrogens is 248 g/mol. The van der Waals surface area contributed by atoms with E-state index in [1.165, 1.54) is 29.7 Å². The van der Waals surface area contributed by atoms with Crippen LogP contribution in [0.3, 0.4) is 0 Å². The molecule has 0 saturated heterocycles. The molecule has 0 aliphatic heterocycles. The van der Waals surface area contributed by atoms with E-state index in [0.717, 1.165) is 19.7 Å². The molecule has 0 fully saturated rings. The van der Waals surface area contributed by atoms with Crippen molar-refractivity contribution < 1.29 is 4.74 Å². The molecule has 0 bridgehead atoms. The van der Waals surface area contributed by atoms with Crippen molar-refractivity contribution >= 4 is 5.69 Å². The van der Waals surface area contributed by atoms with Crippen LogP contribution in [-0.4, -0.2) is 33.4 Å². The van der Waals surface area contributed by atoms with Crippen LogP contribution in [-0.2, 0) is 11.3 Å². The smallest absolute Gasteiger partial charge is 0.0587 e. The van der Waals surface area contributed by atoms with Crippen LogP contribution < -0.4 is 10.2 Å². The van der Waals surface area contributed by atoms with Crippen LogP contribution in [0.15, 0.2) is 18.2 Å². The zero-order valence-corrected chi connectivity index (χ0v) is 13.7. The van der Waals surface area contributed by atoms with Gasteiger partial charge in [0.1, 0.15) is 0 Å². The molecule has 0 radical (unpaired) electrons. The Kier molecular flexibility index (Phi) is 7.63. The summed E-state index contributed by atoms with van der Waals surface area (Å²) in [5.41, 5.74) is 4.03. The molecule has 3 nitrogen and oxygen atoms in total. The number of methoxy groups -OCH3 is 1. The van der Waals surface area contributed by atoms with Crippen LogP contribution in [0.5, 0.6) is 0 Å². The molecular formula is C17H30N2O. The Balaban J connectivity index is 2.83. The van der Waals surface area contributed by atoms with E-state index in [9.17, 15) is 0 Å². The van der Waals surface area contributed by atoms with Crippen LogP contribution in [0.2, 0.25) is 0 Å². The molecule has 0 aromatic heterocycles. The van der Waals surface area contributed by atoms with Crippen LogP contribution in [0.1, 0.15) is 37.8 Å². The number of nitrogens with zero attached hydrogens (tertiary/aromatic N) is 1. The Morgan fingerprint density at radius 2 is 1.95 bits per heavy atom. The molecule has 0 aliphatic rings. The molecule has 0 saturated carbocycles. The normalized spacial score (nSPS) is 11.1. The first-order chi connectivity index (χ1) is 9.63. The van der Waals surface area contributed by atoms with Crippen molar-refractivity contribution in [2.24, 2.45) is 0 Å². The predicted octanol–water partition coefficient (Wildman–Crippen LogP) is 3.36. The molecule has 1 rings (SSSR count). The van der Waals surface area contributed by atoms with Gasteiger partial charge in [-0.05, 0) is 31.4 Å². The second kappa shape index (κ2) is 8.98. The van der Waals surface area contributed by atoms with Gasteiger partial charge < -0.3 is 15.0 Å². The Bertz CT molecular complexity index is 389. The number of ether oxygens (including phenoxy) is 1. The van der Waals surface area contributed by atoms with Crippen LogP contribution >= 0.6 is 0 Å². The summed E-state index contributed by atoms with van der Waals surface area (Å²) in [7, 11) is 3.95. The zero-order chi connectivity index (χ0) is 15.0. The van der Waals surface area contributed by atoms with E-state index in [4.69, 9.17) is 4.74 Å². The maximum Gasteiger partial charge on any atom is 0.0587 e. The summed E-state index contributed by atoms with van der Waals surface area (Å²) in [6.45, 7) is 9.21. The summed E-state index contributed by atoms with van der Waals surface area (Å²) < 4.78 is 5.08. The highest BCUT2D eigenvalue weighted by Gasteiger charge is 2.14. The van der Waals surface area contributed by atoms with Gasteiger partial charge in [0.15, 0.2) is 0 Å². The quantitative estimate of drug-likeness (QED) is 0.701. The largest absolute Gasteiger partial charge is 0.383 e. The first kappa shape index (κ1) is 17.0. The highest BCUT2D eigenvalue weighted by Crippen LogP contribution is 2.24. The SMILES string of the molecule is CCC(CC)N(C)c1ccc(C)cc1CNCCOC. The minimum Gasteiger partial charge on any atom is -0.383 e. The van der Waals surface area contributed by atoms with Crippen molar-refractivity contribution in [2.45, 2.75) is 46.2 Å². The lowest BCUT2D eigenvalue weighted by Crippen LogP contribution is -2.32. The van der Waals surface area contributed by atoms with Crippen molar-refractivity contribution in [1.82, 2.24) is 5.32 Å². The van der Waals surface area contributed by atoms with E-state index in [2.05, 4.69) is 56.2 Å². The summed E-state index contributed by atoms with van der Waals surface area (Å²) in [5.74, 6) is 0. The molecule has 0 aliphatic carbocycles. The fourth-order valence-corrected chi connectivity index (χ4v) is 2.63. The van der Waals surface area contributed by atoms with Crippen LogP contribution in [0.4, 0.5) is 5.69 Å². The third kappa shape index (κ3) is 4.80. The first-order valence-electron chi connectivity index (χ1n) is 7.66. The Labute approximate surface area is 124 Å². The summed E-state index contributed by atoms with van der Waals surface area (Å²) in [6, 6.07) is 7.34. The van der Waals surface area contributed by atoms with Crippen molar-refractivity contribution in [3.63, 3.8) is 0 Å². The maximum atomic E-state index is 5.08. The molecule has 114 valence electrons. The topological polar surface area (TPSA) is 24.5 Å². The third-order valence-corrected chi connectivity index (χ3v) is 3.90. The second-order valence-electron chi connectivity index (χ2n) is 5.38. The lowest BCUT2D eigenvalue weighted by molar-refractivity contribution is 0.199. The molecule has 1 aromatic rings. The minimum atomic E-state index is 0.607. The van der Waals surface area contributed by atoms with Crippen LogP contribution in [0, 0.1) is 6.92 Å². The monoisotopic (exact) mass is 278 g/mol. The maximum absolute atomic E-state index is 5.08. The zero-order valence-electron chi connectivity index (χ0n) is 13.7. The molecule has 1 N–H and O–H groups in total. The van der Waals surface area contributed by atoms with Gasteiger partial charge in [-0.25, -0.2) is 0 Å². The molecule has 0 unspecified atom stereocenters. The summed E-state index contributed by atoms with van der Waals surface area (Å²) >= 11 is 0. The third-order valence-electron chi connectivity index (χ3n) is 3.90. The number of aryl methyl sites for hydroxylation is 1. The molecule has 0 spiro atoms. The van der Waals surface area contributed by atoms with E-state index < -0.39 is 0 Å². The van der Waals surface area contributed by atoms with Gasteiger partial charge in [-0.3, -0.25) is 0 Å². The number of hydrogen-bond donors (Lipinski definition) is 1. The van der Waals surface area contributed by atoms with Gasteiger partial charge in [-0.2, -0.15) is 0 Å². The summed E-state index contributed by atoms with van der Waals surface area (Å²) in [4.78, 5) is 2.42. The number of hydrogen-bond acceptors (Lipinski definition) is 3. The number of nitrogens with one attached hydrogen (secondary N) is 1. The number of rotatable bonds is 9. The average molecular weight is 278 g/mol. The van der Waals surface area contributed by atoms with Gasteiger partial charge in [0.25, 0.3) is 0 Å². The van der Waals surface area contributed by atoms with E-state index in [0.29, 0.717) is 6.04 Å². The highest BCUT2D eigenvalue weighted by atomic mass is 16.5. The fraction of sp³-hybridized carbons (Fsp3) is 0.647. The lowest BCUT2D eigenvalue weighted by atomic mass is 10.0. The van der Waals surface area contributed by atoms with E-state index in [1.807, 2.05) is 0 Å². The average Bonchev–Trinajstić information content (AvgIpc) is 2.45. The van der Waals surface area contributed by atoms with Gasteiger partial charge in [-0.1, -0.05) is 31.5 Å². The van der Waals surface area contributed by atoms with Gasteiger partial charge in [-0.15, -0.1) is 0 Å². The predicted molar refractivity (Wildman–Crippen MR) is 87.5 cm³/mol. The first-order valence-corrected chi connectivity index (χ1v) is 7.66. The molecule has 3 heteroatoms. The molecule has 20 heavy (non-hydrogen) atoms. The van der Waals surface area contributed by atoms with Crippen molar-refractivity contribution in [3.8, 4) is 0 Å². The van der Waals surface area contributed by atoms with Gasteiger partial charge >= 0.3 is 0 Å². The minimum absolute atomic E-state index is 0.607. The number of benzene rings is 1. The van der Waals surface area contributed by atoms with Gasteiger partial charge in [0.2, 0.25) is 0 Å². The molecule has 0 heterocycles. The summed E-state index contributed by atoms with van der Waals surface area (Å²) in [6.07, 6.45) is 2.36. The standard InChI is InChI=1S/C17H30N2O/c1-6-16(7-2)19(4)17-9-8-14(3)12-15(17)13-18-10-11-20-5/h8-9,12,16,18H,6-7,10-11,13H2,1-5H3. The molecule has 0 amide bonds. The Morgan fingerprint density at radius 1 is 1.25 bits per heavy atom. The van der Waals surface area contributed by atoms with Gasteiger partial charge in [0, 0.05) is 39.0 Å². The Hall–Kier alpha value is -1.06. The highest BCUT2D eigenvalue weighted by molar-refractivity contribution is 5.55. The number of anilines is 1. The second-order valence-corrected chi connectivity index (χ2v) is 5.38. The molecule has 0 atom stereocenters. The van der Waals surface area contributed by atoms with Crippen molar-refractivity contribution in [1.29, 1.82) is 0 Å². The van der Waals surface area contributed by atoms with Crippen molar-refractivity contribution in [2.75, 3.05) is 32.2 Å². The van der Waals surface area contributed by atoms with E-state index >= 15 is 0 Å². The van der Waals surface area contributed by atoms with E-state index in [-0.39, 0.29) is 0 Å². The van der Waals surface area contributed by atoms with Crippen molar-refractivity contribution in [3.05, 3.63) is 29.3 Å². The molecule has 1 aromatic carbocycles.